The van der Waals surface area contributed by atoms with Crippen molar-refractivity contribution in [1.82, 2.24) is 9.97 Å². The summed E-state index contributed by atoms with van der Waals surface area (Å²) in [4.78, 5) is 8.54. The van der Waals surface area contributed by atoms with Crippen molar-refractivity contribution < 1.29 is 9.47 Å². The highest BCUT2D eigenvalue weighted by atomic mass is 16.5. The van der Waals surface area contributed by atoms with Crippen LogP contribution in [0.3, 0.4) is 0 Å². The monoisotopic (exact) mass is 576 g/mol. The van der Waals surface area contributed by atoms with Crippen LogP contribution in [-0.4, -0.2) is 16.7 Å². The Bertz CT molecular complexity index is 2050. The van der Waals surface area contributed by atoms with E-state index in [1.807, 2.05) is 42.7 Å². The lowest BCUT2D eigenvalue weighted by atomic mass is 9.34. The van der Waals surface area contributed by atoms with Gasteiger partial charge in [0.1, 0.15) is 23.0 Å². The summed E-state index contributed by atoms with van der Waals surface area (Å²) in [6.45, 7) is -0.0204. The van der Waals surface area contributed by atoms with Gasteiger partial charge in [-0.15, -0.1) is 0 Å². The molecule has 0 saturated heterocycles. The van der Waals surface area contributed by atoms with E-state index in [1.54, 1.807) is 12.4 Å². The number of aromatic nitrogens is 2. The number of hydrogen-bond donors (Lipinski definition) is 0. The van der Waals surface area contributed by atoms with Crippen molar-refractivity contribution in [2.45, 2.75) is 0 Å². The first-order valence-corrected chi connectivity index (χ1v) is 15.1. The maximum atomic E-state index is 6.49. The molecule has 0 radical (unpaired) electrons. The summed E-state index contributed by atoms with van der Waals surface area (Å²) < 4.78 is 13.0. The second kappa shape index (κ2) is 10.4. The zero-order chi connectivity index (χ0) is 29.7. The second-order valence-corrected chi connectivity index (χ2v) is 11.4. The van der Waals surface area contributed by atoms with E-state index >= 15 is 0 Å². The van der Waals surface area contributed by atoms with Crippen LogP contribution in [0.1, 0.15) is 0 Å². The summed E-state index contributed by atoms with van der Waals surface area (Å²) in [5.41, 5.74) is 12.4. The van der Waals surface area contributed by atoms with Gasteiger partial charge in [0, 0.05) is 30.3 Å². The summed E-state index contributed by atoms with van der Waals surface area (Å²) in [6.07, 6.45) is 7.39. The lowest BCUT2D eigenvalue weighted by Gasteiger charge is -2.33. The van der Waals surface area contributed by atoms with E-state index in [2.05, 4.69) is 107 Å². The predicted octanol–water partition coefficient (Wildman–Crippen LogP) is 7.87. The molecule has 0 bridgehead atoms. The van der Waals surface area contributed by atoms with E-state index in [4.69, 9.17) is 9.47 Å². The zero-order valence-electron chi connectivity index (χ0n) is 24.2. The van der Waals surface area contributed by atoms with Crippen molar-refractivity contribution in [3.63, 3.8) is 0 Å². The summed E-state index contributed by atoms with van der Waals surface area (Å²) >= 11 is 0. The Kier molecular flexibility index (Phi) is 5.88. The van der Waals surface area contributed by atoms with Crippen molar-refractivity contribution >= 4 is 23.1 Å². The van der Waals surface area contributed by atoms with Crippen LogP contribution >= 0.6 is 0 Å². The molecule has 45 heavy (non-hydrogen) atoms. The lowest BCUT2D eigenvalue weighted by Crippen LogP contribution is -2.57. The normalized spacial score (nSPS) is 12.3. The lowest BCUT2D eigenvalue weighted by molar-refractivity contribution is 0.464. The van der Waals surface area contributed by atoms with Gasteiger partial charge >= 0.3 is 0 Å². The maximum Gasteiger partial charge on any atom is 0.260 e. The fraction of sp³-hybridized carbons (Fsp3) is 0. The molecule has 5 heteroatoms. The highest BCUT2D eigenvalue weighted by Crippen LogP contribution is 2.37. The van der Waals surface area contributed by atoms with Crippen LogP contribution in [0.2, 0.25) is 0 Å². The first-order valence-electron chi connectivity index (χ1n) is 15.1. The maximum absolute atomic E-state index is 6.49. The Morgan fingerprint density at radius 2 is 0.800 bits per heavy atom. The van der Waals surface area contributed by atoms with Gasteiger partial charge in [-0.25, -0.2) is 0 Å². The molecule has 210 valence electrons. The highest BCUT2D eigenvalue weighted by Gasteiger charge is 2.40. The van der Waals surface area contributed by atoms with Gasteiger partial charge in [0.25, 0.3) is 6.71 Å². The average Bonchev–Trinajstić information content (AvgIpc) is 3.12. The first-order chi connectivity index (χ1) is 22.3. The van der Waals surface area contributed by atoms with Crippen molar-refractivity contribution in [3.05, 3.63) is 152 Å². The molecule has 2 aromatic heterocycles. The van der Waals surface area contributed by atoms with Crippen LogP contribution in [0.25, 0.3) is 44.5 Å². The van der Waals surface area contributed by atoms with Crippen LogP contribution in [0, 0.1) is 0 Å². The van der Waals surface area contributed by atoms with Gasteiger partial charge in [0.15, 0.2) is 0 Å². The Morgan fingerprint density at radius 3 is 1.22 bits per heavy atom. The molecule has 0 spiro atoms. The SMILES string of the molecule is c1cncc(-c2ccc(-c3ccc4c(c3)B3c5cc(-c6ccc(-c7cccnc7)cc6)ccc5Oc5cccc(c53)O4)cc2)c1. The number of benzene rings is 5. The van der Waals surface area contributed by atoms with Crippen LogP contribution < -0.4 is 25.9 Å². The molecule has 4 heterocycles. The van der Waals surface area contributed by atoms with Gasteiger partial charge in [-0.05, 0) is 91.8 Å². The molecule has 9 rings (SSSR count). The molecular weight excluding hydrogens is 551 g/mol. The third-order valence-electron chi connectivity index (χ3n) is 8.82. The van der Waals surface area contributed by atoms with E-state index in [9.17, 15) is 0 Å². The minimum atomic E-state index is -0.0204. The molecule has 0 unspecified atom stereocenters. The minimum absolute atomic E-state index is 0.0204. The van der Waals surface area contributed by atoms with Gasteiger partial charge in [0.05, 0.1) is 0 Å². The number of nitrogens with zero attached hydrogens (tertiary/aromatic N) is 2. The third kappa shape index (κ3) is 4.40. The largest absolute Gasteiger partial charge is 0.458 e. The van der Waals surface area contributed by atoms with Crippen LogP contribution in [-0.2, 0) is 0 Å². The molecule has 0 aliphatic carbocycles. The number of fused-ring (bicyclic) bond motifs is 4. The molecule has 0 amide bonds. The Morgan fingerprint density at radius 1 is 0.378 bits per heavy atom. The fourth-order valence-electron chi connectivity index (χ4n) is 6.57. The van der Waals surface area contributed by atoms with Gasteiger partial charge in [-0.3, -0.25) is 9.97 Å². The summed E-state index contributed by atoms with van der Waals surface area (Å²) in [6, 6.07) is 44.6. The first kappa shape index (κ1) is 25.6. The number of hydrogen-bond acceptors (Lipinski definition) is 4. The topological polar surface area (TPSA) is 44.2 Å². The highest BCUT2D eigenvalue weighted by molar-refractivity contribution is 6.98. The molecule has 7 aromatic rings. The van der Waals surface area contributed by atoms with Crippen molar-refractivity contribution in [3.8, 4) is 67.5 Å². The number of pyridine rings is 2. The number of rotatable bonds is 4. The van der Waals surface area contributed by atoms with Crippen molar-refractivity contribution in [2.24, 2.45) is 0 Å². The molecule has 0 fully saturated rings. The molecule has 0 atom stereocenters. The molecule has 0 saturated carbocycles. The smallest absolute Gasteiger partial charge is 0.260 e. The van der Waals surface area contributed by atoms with Gasteiger partial charge in [-0.2, -0.15) is 0 Å². The summed E-state index contributed by atoms with van der Waals surface area (Å²) in [5, 5.41) is 0. The van der Waals surface area contributed by atoms with Gasteiger partial charge in [-0.1, -0.05) is 91.0 Å². The second-order valence-electron chi connectivity index (χ2n) is 11.4. The van der Waals surface area contributed by atoms with Crippen molar-refractivity contribution in [2.75, 3.05) is 0 Å². The Labute approximate surface area is 261 Å². The molecule has 5 aromatic carbocycles. The fourth-order valence-corrected chi connectivity index (χ4v) is 6.57. The van der Waals surface area contributed by atoms with E-state index in [0.29, 0.717) is 0 Å². The molecular formula is C40H25BN2O2. The van der Waals surface area contributed by atoms with Crippen LogP contribution in [0.5, 0.6) is 23.0 Å². The minimum Gasteiger partial charge on any atom is -0.458 e. The summed E-state index contributed by atoms with van der Waals surface area (Å²) in [5.74, 6) is 3.44. The summed E-state index contributed by atoms with van der Waals surface area (Å²) in [7, 11) is 0. The van der Waals surface area contributed by atoms with E-state index < -0.39 is 0 Å². The van der Waals surface area contributed by atoms with E-state index in [0.717, 1.165) is 83.9 Å². The molecule has 4 nitrogen and oxygen atoms in total. The van der Waals surface area contributed by atoms with Crippen LogP contribution in [0.15, 0.2) is 152 Å². The predicted molar refractivity (Wildman–Crippen MR) is 181 cm³/mol. The standard InChI is InChI=1S/C40H25BN2O2/c1-6-38-40-39(7-1)45-37-19-17-31(27-10-14-29(15-11-27)33-5-3-21-43-25-33)23-35(37)41(40)34-22-30(16-18-36(34)44-38)26-8-12-28(13-9-26)32-4-2-20-42-24-32/h1-25H. The Balaban J connectivity index is 1.13. The third-order valence-corrected chi connectivity index (χ3v) is 8.82. The van der Waals surface area contributed by atoms with Crippen LogP contribution in [0.4, 0.5) is 0 Å². The average molecular weight is 576 g/mol. The van der Waals surface area contributed by atoms with E-state index in [1.165, 1.54) is 0 Å². The number of ether oxygens (including phenoxy) is 2. The quantitative estimate of drug-likeness (QED) is 0.200. The van der Waals surface area contributed by atoms with Gasteiger partial charge < -0.3 is 9.47 Å². The Hall–Kier alpha value is -5.94. The van der Waals surface area contributed by atoms with Crippen molar-refractivity contribution in [1.29, 1.82) is 0 Å². The van der Waals surface area contributed by atoms with Gasteiger partial charge in [0.2, 0.25) is 0 Å². The van der Waals surface area contributed by atoms with E-state index in [-0.39, 0.29) is 6.71 Å². The zero-order valence-corrected chi connectivity index (χ0v) is 24.2. The molecule has 2 aliphatic rings. The molecule has 2 aliphatic heterocycles. The molecule has 0 N–H and O–H groups in total.